The molecule has 2 N–H and O–H groups in total. The molecular formula is C10H10BBrFeO2. The smallest absolute Gasteiger partial charge is 0.425 e. The third-order valence-electron chi connectivity index (χ3n) is 1.61. The molecule has 0 aliphatic carbocycles. The Balaban J connectivity index is 0.000000253. The molecular weight excluding hydrogens is 299 g/mol. The van der Waals surface area contributed by atoms with Crippen molar-refractivity contribution in [1.82, 2.24) is 0 Å². The average molecular weight is 309 g/mol. The molecule has 2 aromatic rings. The van der Waals surface area contributed by atoms with Crippen LogP contribution in [0.25, 0.3) is 0 Å². The van der Waals surface area contributed by atoms with Crippen molar-refractivity contribution >= 4 is 28.5 Å². The molecule has 0 aliphatic rings. The molecule has 2 nitrogen and oxygen atoms in total. The summed E-state index contributed by atoms with van der Waals surface area (Å²) in [6, 6.07) is 14.8. The molecule has 0 aromatic heterocycles. The SMILES string of the molecule is Brc1ccc[cH-]1.OB(O)c1ccc[cH-]1.[Fe+2]. The fraction of sp³-hybridized carbons (Fsp3) is 0. The van der Waals surface area contributed by atoms with Gasteiger partial charge in [0.1, 0.15) is 0 Å². The Hall–Kier alpha value is -0.316. The van der Waals surface area contributed by atoms with Crippen LogP contribution in [-0.2, 0) is 17.1 Å². The molecule has 0 fully saturated rings. The summed E-state index contributed by atoms with van der Waals surface area (Å²) in [5.74, 6) is 0. The Morgan fingerprint density at radius 2 is 1.67 bits per heavy atom. The summed E-state index contributed by atoms with van der Waals surface area (Å²) in [6.45, 7) is 0. The molecule has 2 aromatic carbocycles. The molecule has 0 saturated heterocycles. The number of halogens is 1. The first kappa shape index (κ1) is 14.7. The molecule has 2 rings (SSSR count). The van der Waals surface area contributed by atoms with Crippen LogP contribution in [0.1, 0.15) is 0 Å². The molecule has 0 amide bonds. The zero-order valence-electron chi connectivity index (χ0n) is 7.82. The van der Waals surface area contributed by atoms with Gasteiger partial charge >= 0.3 is 24.2 Å². The summed E-state index contributed by atoms with van der Waals surface area (Å²) < 4.78 is 1.16. The van der Waals surface area contributed by atoms with E-state index in [1.54, 1.807) is 24.3 Å². The first-order valence-electron chi connectivity index (χ1n) is 4.15. The minimum Gasteiger partial charge on any atom is -0.425 e. The standard InChI is InChI=1S/C5H6BO2.C5H4Br.Fe/c7-6(8)5-3-1-2-4-5;6-5-3-1-2-4-5;/h1-4,7-8H;1-4H;/q2*-1;+2. The van der Waals surface area contributed by atoms with E-state index in [0.717, 1.165) is 4.47 Å². The predicted octanol–water partition coefficient (Wildman–Crippen LogP) is 1.25. The Bertz CT molecular complexity index is 332. The summed E-state index contributed by atoms with van der Waals surface area (Å²) in [5.41, 5.74) is 0.546. The van der Waals surface area contributed by atoms with E-state index in [9.17, 15) is 0 Å². The van der Waals surface area contributed by atoms with Gasteiger partial charge in [-0.05, 0) is 0 Å². The van der Waals surface area contributed by atoms with Gasteiger partial charge in [-0.1, -0.05) is 15.9 Å². The van der Waals surface area contributed by atoms with E-state index in [1.165, 1.54) is 0 Å². The second kappa shape index (κ2) is 7.91. The van der Waals surface area contributed by atoms with E-state index in [4.69, 9.17) is 10.0 Å². The van der Waals surface area contributed by atoms with E-state index in [-0.39, 0.29) is 17.1 Å². The predicted molar refractivity (Wildman–Crippen MR) is 61.6 cm³/mol. The van der Waals surface area contributed by atoms with Gasteiger partial charge in [0.15, 0.2) is 0 Å². The molecule has 0 unspecified atom stereocenters. The maximum atomic E-state index is 8.47. The maximum Gasteiger partial charge on any atom is 2.00 e. The Morgan fingerprint density at radius 3 is 1.87 bits per heavy atom. The molecule has 0 aliphatic heterocycles. The van der Waals surface area contributed by atoms with Crippen molar-refractivity contribution in [3.8, 4) is 0 Å². The van der Waals surface area contributed by atoms with Crippen LogP contribution in [0.15, 0.2) is 53.0 Å². The van der Waals surface area contributed by atoms with Crippen molar-refractivity contribution in [1.29, 1.82) is 0 Å². The number of hydrogen-bond acceptors (Lipinski definition) is 2. The summed E-state index contributed by atoms with van der Waals surface area (Å²) in [4.78, 5) is 0. The number of rotatable bonds is 1. The van der Waals surface area contributed by atoms with Crippen LogP contribution in [-0.4, -0.2) is 17.2 Å². The zero-order valence-corrected chi connectivity index (χ0v) is 10.5. The van der Waals surface area contributed by atoms with Gasteiger partial charge < -0.3 is 10.0 Å². The molecule has 15 heavy (non-hydrogen) atoms. The normalized spacial score (nSPS) is 8.47. The van der Waals surface area contributed by atoms with Crippen LogP contribution < -0.4 is 5.46 Å². The summed E-state index contributed by atoms with van der Waals surface area (Å²) in [5, 5.41) is 16.9. The van der Waals surface area contributed by atoms with Crippen LogP contribution in [0.4, 0.5) is 0 Å². The van der Waals surface area contributed by atoms with Crippen molar-refractivity contribution in [2.75, 3.05) is 0 Å². The van der Waals surface area contributed by atoms with Crippen molar-refractivity contribution in [3.05, 3.63) is 53.0 Å². The van der Waals surface area contributed by atoms with E-state index in [0.29, 0.717) is 5.46 Å². The average Bonchev–Trinajstić information content (AvgIpc) is 2.75. The second-order valence-corrected chi connectivity index (χ2v) is 3.61. The first-order chi connectivity index (χ1) is 6.70. The molecule has 0 radical (unpaired) electrons. The van der Waals surface area contributed by atoms with Crippen LogP contribution in [0, 0.1) is 0 Å². The molecule has 0 bridgehead atoms. The van der Waals surface area contributed by atoms with E-state index >= 15 is 0 Å². The van der Waals surface area contributed by atoms with Gasteiger partial charge in [-0.15, -0.1) is 9.94 Å². The molecule has 0 saturated carbocycles. The van der Waals surface area contributed by atoms with Crippen LogP contribution in [0.3, 0.4) is 0 Å². The maximum absolute atomic E-state index is 8.47. The largest absolute Gasteiger partial charge is 2.00 e. The third kappa shape index (κ3) is 5.97. The van der Waals surface area contributed by atoms with Crippen molar-refractivity contribution in [2.45, 2.75) is 0 Å². The quantitative estimate of drug-likeness (QED) is 0.615. The van der Waals surface area contributed by atoms with Gasteiger partial charge in [0.05, 0.1) is 0 Å². The van der Waals surface area contributed by atoms with Gasteiger partial charge in [-0.25, -0.2) is 18.2 Å². The summed E-state index contributed by atoms with van der Waals surface area (Å²) in [6.07, 6.45) is 0. The second-order valence-electron chi connectivity index (χ2n) is 2.70. The van der Waals surface area contributed by atoms with E-state index < -0.39 is 7.12 Å². The first-order valence-corrected chi connectivity index (χ1v) is 4.94. The Labute approximate surface area is 108 Å². The zero-order chi connectivity index (χ0) is 10.4. The van der Waals surface area contributed by atoms with Crippen molar-refractivity contribution < 1.29 is 27.1 Å². The van der Waals surface area contributed by atoms with Crippen molar-refractivity contribution in [2.24, 2.45) is 0 Å². The van der Waals surface area contributed by atoms with Gasteiger partial charge in [0.25, 0.3) is 0 Å². The van der Waals surface area contributed by atoms with Crippen LogP contribution >= 0.6 is 15.9 Å². The van der Waals surface area contributed by atoms with Gasteiger partial charge in [-0.3, -0.25) is 0 Å². The van der Waals surface area contributed by atoms with Crippen molar-refractivity contribution in [3.63, 3.8) is 0 Å². The van der Waals surface area contributed by atoms with Gasteiger partial charge in [0, 0.05) is 0 Å². The monoisotopic (exact) mass is 308 g/mol. The molecule has 80 valence electrons. The fourth-order valence-electron chi connectivity index (χ4n) is 0.912. The molecule has 0 atom stereocenters. The molecule has 0 spiro atoms. The number of hydrogen-bond donors (Lipinski definition) is 2. The minimum absolute atomic E-state index is 0. The van der Waals surface area contributed by atoms with Crippen LogP contribution in [0.5, 0.6) is 0 Å². The molecule has 0 heterocycles. The van der Waals surface area contributed by atoms with E-state index in [1.807, 2.05) is 24.3 Å². The summed E-state index contributed by atoms with van der Waals surface area (Å²) >= 11 is 3.28. The van der Waals surface area contributed by atoms with E-state index in [2.05, 4.69) is 15.9 Å². The third-order valence-corrected chi connectivity index (χ3v) is 2.14. The fourth-order valence-corrected chi connectivity index (χ4v) is 1.22. The minimum atomic E-state index is -1.31. The summed E-state index contributed by atoms with van der Waals surface area (Å²) in [7, 11) is -1.31. The Kier molecular flexibility index (Phi) is 7.74. The van der Waals surface area contributed by atoms with Gasteiger partial charge in [0.2, 0.25) is 0 Å². The Morgan fingerprint density at radius 1 is 1.07 bits per heavy atom. The topological polar surface area (TPSA) is 40.5 Å². The molecule has 5 heteroatoms. The van der Waals surface area contributed by atoms with Gasteiger partial charge in [-0.2, -0.15) is 30.3 Å². The van der Waals surface area contributed by atoms with Crippen LogP contribution in [0.2, 0.25) is 0 Å².